The van der Waals surface area contributed by atoms with Crippen LogP contribution in [0.2, 0.25) is 34.8 Å². The SMILES string of the molecule is C/C(=C\CO[Si](C)(C)C(C)(C)C)[C@H](CC=O)O[Si](C(C)C)(C(C)C)C(C)C. The molecule has 160 valence electrons. The van der Waals surface area contributed by atoms with E-state index in [0.717, 1.165) is 11.9 Å². The van der Waals surface area contributed by atoms with Gasteiger partial charge in [0.1, 0.15) is 6.29 Å². The first-order valence-corrected chi connectivity index (χ1v) is 15.6. The molecule has 0 saturated heterocycles. The van der Waals surface area contributed by atoms with Gasteiger partial charge in [-0.25, -0.2) is 0 Å². The fourth-order valence-corrected chi connectivity index (χ4v) is 10.3. The van der Waals surface area contributed by atoms with Gasteiger partial charge in [0.05, 0.1) is 12.7 Å². The Kier molecular flexibility index (Phi) is 10.4. The van der Waals surface area contributed by atoms with Crippen LogP contribution in [-0.4, -0.2) is 35.6 Å². The lowest BCUT2D eigenvalue weighted by Crippen LogP contribution is -2.50. The van der Waals surface area contributed by atoms with Gasteiger partial charge in [0.25, 0.3) is 0 Å². The van der Waals surface area contributed by atoms with E-state index in [1.165, 1.54) is 0 Å². The lowest BCUT2D eigenvalue weighted by molar-refractivity contribution is -0.109. The number of rotatable bonds is 11. The molecule has 0 spiro atoms. The summed E-state index contributed by atoms with van der Waals surface area (Å²) in [6.45, 7) is 27.7. The van der Waals surface area contributed by atoms with E-state index in [1.807, 2.05) is 0 Å². The summed E-state index contributed by atoms with van der Waals surface area (Å²) in [5.41, 5.74) is 2.63. The first-order valence-electron chi connectivity index (χ1n) is 10.6. The maximum Gasteiger partial charge on any atom is 0.201 e. The van der Waals surface area contributed by atoms with E-state index in [-0.39, 0.29) is 11.1 Å². The maximum absolute atomic E-state index is 11.4. The molecule has 0 aromatic carbocycles. The fraction of sp³-hybridized carbons (Fsp3) is 0.864. The number of carbonyl (C=O) groups is 1. The zero-order valence-corrected chi connectivity index (χ0v) is 22.1. The highest BCUT2D eigenvalue weighted by atomic mass is 28.4. The minimum Gasteiger partial charge on any atom is -0.413 e. The fourth-order valence-electron chi connectivity index (χ4n) is 3.80. The van der Waals surface area contributed by atoms with Crippen LogP contribution in [-0.2, 0) is 13.6 Å². The van der Waals surface area contributed by atoms with Crippen LogP contribution in [0.25, 0.3) is 0 Å². The van der Waals surface area contributed by atoms with Gasteiger partial charge in [-0.05, 0) is 47.3 Å². The highest BCUT2D eigenvalue weighted by Crippen LogP contribution is 2.44. The minimum atomic E-state index is -2.03. The highest BCUT2D eigenvalue weighted by Gasteiger charge is 2.46. The van der Waals surface area contributed by atoms with Crippen LogP contribution in [0, 0.1) is 0 Å². The zero-order valence-electron chi connectivity index (χ0n) is 20.1. The van der Waals surface area contributed by atoms with Crippen LogP contribution in [0.15, 0.2) is 11.6 Å². The third kappa shape index (κ3) is 6.95. The molecule has 27 heavy (non-hydrogen) atoms. The van der Waals surface area contributed by atoms with Crippen molar-refractivity contribution in [2.75, 3.05) is 6.61 Å². The second-order valence-corrected chi connectivity index (χ2v) is 20.6. The van der Waals surface area contributed by atoms with Gasteiger partial charge in [0.15, 0.2) is 8.32 Å². The summed E-state index contributed by atoms with van der Waals surface area (Å²) in [7, 11) is -3.80. The number of hydrogen-bond donors (Lipinski definition) is 0. The van der Waals surface area contributed by atoms with E-state index in [0.29, 0.717) is 29.7 Å². The molecule has 3 nitrogen and oxygen atoms in total. The summed E-state index contributed by atoms with van der Waals surface area (Å²) >= 11 is 0. The van der Waals surface area contributed by atoms with Crippen molar-refractivity contribution in [2.45, 2.75) is 117 Å². The number of carbonyl (C=O) groups excluding carboxylic acids is 1. The van der Waals surface area contributed by atoms with Gasteiger partial charge < -0.3 is 13.6 Å². The molecule has 0 bridgehead atoms. The van der Waals surface area contributed by atoms with E-state index in [4.69, 9.17) is 8.85 Å². The Morgan fingerprint density at radius 2 is 1.41 bits per heavy atom. The normalized spacial score (nSPS) is 15.7. The van der Waals surface area contributed by atoms with Crippen LogP contribution in [0.5, 0.6) is 0 Å². The summed E-state index contributed by atoms with van der Waals surface area (Å²) < 4.78 is 13.2. The van der Waals surface area contributed by atoms with Crippen molar-refractivity contribution in [2.24, 2.45) is 0 Å². The summed E-state index contributed by atoms with van der Waals surface area (Å²) in [4.78, 5) is 11.4. The van der Waals surface area contributed by atoms with E-state index in [9.17, 15) is 4.79 Å². The average molecular weight is 415 g/mol. The molecule has 0 aliphatic rings. The molecule has 0 aromatic rings. The number of aldehydes is 1. The molecule has 0 heterocycles. The summed E-state index contributed by atoms with van der Waals surface area (Å²) in [5.74, 6) is 0. The van der Waals surface area contributed by atoms with Crippen molar-refractivity contribution in [1.82, 2.24) is 0 Å². The van der Waals surface area contributed by atoms with Crippen molar-refractivity contribution in [3.63, 3.8) is 0 Å². The molecule has 0 amide bonds. The Labute approximate surface area is 171 Å². The van der Waals surface area contributed by atoms with Crippen LogP contribution in [0.3, 0.4) is 0 Å². The van der Waals surface area contributed by atoms with E-state index in [2.05, 4.69) is 88.4 Å². The average Bonchev–Trinajstić information content (AvgIpc) is 2.48. The van der Waals surface area contributed by atoms with Crippen molar-refractivity contribution < 1.29 is 13.6 Å². The second-order valence-electron chi connectivity index (χ2n) is 10.3. The van der Waals surface area contributed by atoms with Crippen molar-refractivity contribution in [3.8, 4) is 0 Å². The van der Waals surface area contributed by atoms with Crippen molar-refractivity contribution >= 4 is 22.9 Å². The Morgan fingerprint density at radius 1 is 0.963 bits per heavy atom. The van der Waals surface area contributed by atoms with Crippen LogP contribution in [0.4, 0.5) is 0 Å². The van der Waals surface area contributed by atoms with Gasteiger partial charge >= 0.3 is 0 Å². The molecular weight excluding hydrogens is 368 g/mol. The minimum absolute atomic E-state index is 0.135. The molecule has 0 fully saturated rings. The largest absolute Gasteiger partial charge is 0.413 e. The smallest absolute Gasteiger partial charge is 0.201 e. The molecular formula is C22H46O3Si2. The van der Waals surface area contributed by atoms with Gasteiger partial charge in [0.2, 0.25) is 8.32 Å². The van der Waals surface area contributed by atoms with Gasteiger partial charge in [0, 0.05) is 6.42 Å². The molecule has 0 N–H and O–H groups in total. The van der Waals surface area contributed by atoms with Gasteiger partial charge in [-0.3, -0.25) is 0 Å². The lowest BCUT2D eigenvalue weighted by atomic mass is 10.1. The Bertz CT molecular complexity index is 467. The molecule has 0 aromatic heterocycles. The highest BCUT2D eigenvalue weighted by molar-refractivity contribution is 6.77. The molecule has 5 heteroatoms. The molecule has 1 atom stereocenters. The monoisotopic (exact) mass is 414 g/mol. The van der Waals surface area contributed by atoms with E-state index in [1.54, 1.807) is 0 Å². The van der Waals surface area contributed by atoms with Gasteiger partial charge in [-0.1, -0.05) is 68.4 Å². The molecule has 0 rings (SSSR count). The van der Waals surface area contributed by atoms with Crippen LogP contribution < -0.4 is 0 Å². The maximum atomic E-state index is 11.4. The predicted molar refractivity (Wildman–Crippen MR) is 124 cm³/mol. The summed E-state index contributed by atoms with van der Waals surface area (Å²) in [6, 6.07) is 0. The van der Waals surface area contributed by atoms with Crippen molar-refractivity contribution in [3.05, 3.63) is 11.6 Å². The summed E-state index contributed by atoms with van der Waals surface area (Å²) in [6.07, 6.45) is 3.42. The summed E-state index contributed by atoms with van der Waals surface area (Å²) in [5, 5.41) is 0.197. The second kappa shape index (κ2) is 10.5. The quantitative estimate of drug-likeness (QED) is 0.205. The van der Waals surface area contributed by atoms with Gasteiger partial charge in [-0.2, -0.15) is 0 Å². The predicted octanol–water partition coefficient (Wildman–Crippen LogP) is 7.10. The van der Waals surface area contributed by atoms with E-state index < -0.39 is 16.6 Å². The standard InChI is InChI=1S/C22H46O3Si2/c1-17(2)27(18(3)4,19(5)6)25-21(13-15-23)20(7)14-16-24-26(11,12)22(8,9)10/h14-15,17-19,21H,13,16H2,1-12H3/b20-14+/t21-/m0/s1. The van der Waals surface area contributed by atoms with Crippen LogP contribution in [0.1, 0.15) is 75.7 Å². The Morgan fingerprint density at radius 3 is 1.74 bits per heavy atom. The Hall–Kier alpha value is -0.236. The van der Waals surface area contributed by atoms with Gasteiger partial charge in [-0.15, -0.1) is 0 Å². The zero-order chi connectivity index (χ0) is 21.6. The number of hydrogen-bond acceptors (Lipinski definition) is 3. The molecule has 0 aliphatic carbocycles. The first-order chi connectivity index (χ1) is 12.1. The Balaban J connectivity index is 5.49. The molecule has 0 aliphatic heterocycles. The lowest BCUT2D eigenvalue weighted by Gasteiger charge is -2.44. The van der Waals surface area contributed by atoms with Crippen molar-refractivity contribution in [1.29, 1.82) is 0 Å². The molecule has 0 unspecified atom stereocenters. The molecule has 0 saturated carbocycles. The third-order valence-electron chi connectivity index (χ3n) is 6.53. The topological polar surface area (TPSA) is 35.5 Å². The molecule has 0 radical (unpaired) electrons. The van der Waals surface area contributed by atoms with Crippen LogP contribution >= 0.6 is 0 Å². The van der Waals surface area contributed by atoms with E-state index >= 15 is 0 Å². The first kappa shape index (κ1) is 26.8. The third-order valence-corrected chi connectivity index (χ3v) is 17.1.